The van der Waals surface area contributed by atoms with Crippen LogP contribution in [0, 0.1) is 3.95 Å². The monoisotopic (exact) mass is 267 g/mol. The summed E-state index contributed by atoms with van der Waals surface area (Å²) in [6.07, 6.45) is 0. The van der Waals surface area contributed by atoms with Crippen LogP contribution in [0.3, 0.4) is 0 Å². The molecule has 2 aromatic rings. The molecule has 3 nitrogen and oxygen atoms in total. The Kier molecular flexibility index (Phi) is 3.24. The molecule has 5 heteroatoms. The highest BCUT2D eigenvalue weighted by Crippen LogP contribution is 2.21. The molecule has 0 radical (unpaired) electrons. The summed E-state index contributed by atoms with van der Waals surface area (Å²) in [7, 11) is 0. The van der Waals surface area contributed by atoms with Crippen LogP contribution in [0.15, 0.2) is 24.3 Å². The Bertz CT molecular complexity index is 569. The highest BCUT2D eigenvalue weighted by Gasteiger charge is 2.15. The third-order valence-corrected chi connectivity index (χ3v) is 4.59. The van der Waals surface area contributed by atoms with E-state index in [0.29, 0.717) is 0 Å². The van der Waals surface area contributed by atoms with Crippen LogP contribution < -0.4 is 4.90 Å². The number of nitrogens with one attached hydrogen (secondary N) is 1. The smallest absolute Gasteiger partial charge is 0.166 e. The average molecular weight is 267 g/mol. The molecule has 1 aliphatic rings. The summed E-state index contributed by atoms with van der Waals surface area (Å²) in [6.45, 7) is 4.85. The molecule has 2 heterocycles. The van der Waals surface area contributed by atoms with Crippen molar-refractivity contribution in [3.63, 3.8) is 0 Å². The van der Waals surface area contributed by atoms with Gasteiger partial charge in [0.1, 0.15) is 13.1 Å². The Morgan fingerprint density at radius 1 is 1.29 bits per heavy atom. The second kappa shape index (κ2) is 4.86. The molecule has 0 spiro atoms. The van der Waals surface area contributed by atoms with Crippen LogP contribution in [0.2, 0.25) is 0 Å². The van der Waals surface area contributed by atoms with Crippen molar-refractivity contribution < 1.29 is 9.64 Å². The molecule has 1 aliphatic heterocycles. The number of thiazole rings is 1. The van der Waals surface area contributed by atoms with E-state index in [-0.39, 0.29) is 0 Å². The van der Waals surface area contributed by atoms with Crippen molar-refractivity contribution in [3.8, 4) is 0 Å². The van der Waals surface area contributed by atoms with Crippen LogP contribution in [-0.4, -0.2) is 30.9 Å². The van der Waals surface area contributed by atoms with E-state index < -0.39 is 0 Å². The first-order chi connectivity index (χ1) is 8.34. The number of ether oxygens (including phenoxy) is 1. The zero-order valence-electron chi connectivity index (χ0n) is 9.52. The fourth-order valence-electron chi connectivity index (χ4n) is 2.21. The summed E-state index contributed by atoms with van der Waals surface area (Å²) in [5.74, 6) is 0. The third-order valence-electron chi connectivity index (χ3n) is 3.16. The summed E-state index contributed by atoms with van der Waals surface area (Å²) in [4.78, 5) is 1.55. The van der Waals surface area contributed by atoms with Crippen molar-refractivity contribution in [2.75, 3.05) is 26.3 Å². The molecule has 0 amide bonds. The zero-order chi connectivity index (χ0) is 11.7. The van der Waals surface area contributed by atoms with Gasteiger partial charge >= 0.3 is 0 Å². The molecule has 0 bridgehead atoms. The molecule has 1 aromatic carbocycles. The molecule has 17 heavy (non-hydrogen) atoms. The minimum atomic E-state index is 0.866. The van der Waals surface area contributed by atoms with Gasteiger partial charge in [-0.15, -0.1) is 11.3 Å². The summed E-state index contributed by atoms with van der Waals surface area (Å²) < 4.78 is 9.90. The van der Waals surface area contributed by atoms with E-state index in [9.17, 15) is 0 Å². The van der Waals surface area contributed by atoms with Crippen molar-refractivity contribution in [2.45, 2.75) is 6.67 Å². The molecule has 0 saturated carbocycles. The maximum Gasteiger partial charge on any atom is 0.166 e. The van der Waals surface area contributed by atoms with Crippen LogP contribution in [0.4, 0.5) is 0 Å². The van der Waals surface area contributed by atoms with Crippen LogP contribution in [0.25, 0.3) is 10.2 Å². The number of hydrogen-bond donors (Lipinski definition) is 1. The highest BCUT2D eigenvalue weighted by molar-refractivity contribution is 7.73. The Hall–Kier alpha value is -0.750. The fourth-order valence-corrected chi connectivity index (χ4v) is 3.53. The van der Waals surface area contributed by atoms with Gasteiger partial charge < -0.3 is 9.64 Å². The zero-order valence-corrected chi connectivity index (χ0v) is 11.1. The molecule has 1 fully saturated rings. The quantitative estimate of drug-likeness (QED) is 0.827. The van der Waals surface area contributed by atoms with Gasteiger partial charge in [-0.1, -0.05) is 12.1 Å². The van der Waals surface area contributed by atoms with Crippen LogP contribution in [0.1, 0.15) is 0 Å². The molecule has 3 rings (SSSR count). The summed E-state index contributed by atoms with van der Waals surface area (Å²) in [5, 5.41) is 0. The summed E-state index contributed by atoms with van der Waals surface area (Å²) >= 11 is 7.16. The van der Waals surface area contributed by atoms with Crippen molar-refractivity contribution in [1.82, 2.24) is 4.57 Å². The summed E-state index contributed by atoms with van der Waals surface area (Å²) in [5.41, 5.74) is 1.27. The lowest BCUT2D eigenvalue weighted by atomic mass is 10.3. The first-order valence-corrected chi connectivity index (χ1v) is 7.07. The van der Waals surface area contributed by atoms with Crippen molar-refractivity contribution in [1.29, 1.82) is 0 Å². The minimum Gasteiger partial charge on any atom is -0.370 e. The Balaban J connectivity index is 1.93. The molecule has 0 atom stereocenters. The molecule has 1 aromatic heterocycles. The second-order valence-electron chi connectivity index (χ2n) is 4.28. The SMILES string of the molecule is S=c1sc2ccccc2n1C[NH+]1CCOCC1. The van der Waals surface area contributed by atoms with Gasteiger partial charge in [-0.3, -0.25) is 4.57 Å². The van der Waals surface area contributed by atoms with Gasteiger partial charge in [0.15, 0.2) is 10.6 Å². The van der Waals surface area contributed by atoms with Gasteiger partial charge in [0.05, 0.1) is 23.4 Å². The number of morpholine rings is 1. The van der Waals surface area contributed by atoms with Gasteiger partial charge in [0.2, 0.25) is 0 Å². The number of hydrogen-bond acceptors (Lipinski definition) is 3. The number of para-hydroxylation sites is 1. The minimum absolute atomic E-state index is 0.866. The van der Waals surface area contributed by atoms with Crippen LogP contribution in [-0.2, 0) is 11.4 Å². The number of quaternary nitrogens is 1. The molecular weight excluding hydrogens is 252 g/mol. The van der Waals surface area contributed by atoms with Crippen LogP contribution in [0.5, 0.6) is 0 Å². The molecule has 0 aliphatic carbocycles. The average Bonchev–Trinajstić information content (AvgIpc) is 2.68. The normalized spacial score (nSPS) is 17.6. The number of benzene rings is 1. The number of aromatic nitrogens is 1. The molecule has 1 N–H and O–H groups in total. The van der Waals surface area contributed by atoms with Crippen molar-refractivity contribution in [3.05, 3.63) is 28.2 Å². The van der Waals surface area contributed by atoms with Crippen molar-refractivity contribution in [2.24, 2.45) is 0 Å². The fraction of sp³-hybridized carbons (Fsp3) is 0.417. The van der Waals surface area contributed by atoms with Crippen molar-refractivity contribution >= 4 is 33.8 Å². The van der Waals surface area contributed by atoms with E-state index in [2.05, 4.69) is 28.8 Å². The lowest BCUT2D eigenvalue weighted by Crippen LogP contribution is -3.13. The molecule has 90 valence electrons. The molecule has 1 saturated heterocycles. The van der Waals surface area contributed by atoms with Gasteiger partial charge in [-0.2, -0.15) is 0 Å². The highest BCUT2D eigenvalue weighted by atomic mass is 32.1. The largest absolute Gasteiger partial charge is 0.370 e. The predicted octanol–water partition coefficient (Wildman–Crippen LogP) is 1.30. The number of rotatable bonds is 2. The predicted molar refractivity (Wildman–Crippen MR) is 72.2 cm³/mol. The maximum atomic E-state index is 5.46. The maximum absolute atomic E-state index is 5.46. The summed E-state index contributed by atoms with van der Waals surface area (Å²) in [6, 6.07) is 8.44. The first-order valence-electron chi connectivity index (χ1n) is 5.84. The molecular formula is C12H15N2OS2+. The van der Waals surface area contributed by atoms with E-state index in [4.69, 9.17) is 17.0 Å². The second-order valence-corrected chi connectivity index (χ2v) is 5.96. The lowest BCUT2D eigenvalue weighted by molar-refractivity contribution is -0.930. The van der Waals surface area contributed by atoms with E-state index in [1.807, 2.05) is 0 Å². The van der Waals surface area contributed by atoms with Crippen LogP contribution >= 0.6 is 23.6 Å². The number of nitrogens with zero attached hydrogens (tertiary/aromatic N) is 1. The van der Waals surface area contributed by atoms with Gasteiger partial charge in [0.25, 0.3) is 0 Å². The van der Waals surface area contributed by atoms with E-state index in [1.165, 1.54) is 10.2 Å². The number of fused-ring (bicyclic) bond motifs is 1. The van der Waals surface area contributed by atoms with Gasteiger partial charge in [-0.05, 0) is 24.4 Å². The van der Waals surface area contributed by atoms with Gasteiger partial charge in [0, 0.05) is 0 Å². The Morgan fingerprint density at radius 3 is 2.88 bits per heavy atom. The Morgan fingerprint density at radius 2 is 2.06 bits per heavy atom. The third kappa shape index (κ3) is 2.28. The lowest BCUT2D eigenvalue weighted by Gasteiger charge is -2.24. The van der Waals surface area contributed by atoms with E-state index in [0.717, 1.165) is 36.9 Å². The standard InChI is InChI=1S/C12H14N2OS2/c16-12-14(9-13-5-7-15-8-6-13)10-3-1-2-4-11(10)17-12/h1-4H,5-9H2/p+1. The van der Waals surface area contributed by atoms with E-state index in [1.54, 1.807) is 16.2 Å². The Labute approximate surface area is 109 Å². The first kappa shape index (κ1) is 11.3. The van der Waals surface area contributed by atoms with E-state index >= 15 is 0 Å². The van der Waals surface area contributed by atoms with Gasteiger partial charge in [-0.25, -0.2) is 0 Å². The topological polar surface area (TPSA) is 18.6 Å². The molecule has 0 unspecified atom stereocenters.